The zero-order valence-corrected chi connectivity index (χ0v) is 12.1. The van der Waals surface area contributed by atoms with Crippen molar-refractivity contribution in [2.45, 2.75) is 26.3 Å². The molecule has 0 saturated carbocycles. The van der Waals surface area contributed by atoms with E-state index in [2.05, 4.69) is 29.1 Å². The number of nitrogens with one attached hydrogen (secondary N) is 1. The number of aromatic nitrogens is 2. The van der Waals surface area contributed by atoms with Gasteiger partial charge in [-0.15, -0.1) is 11.3 Å². The van der Waals surface area contributed by atoms with Gasteiger partial charge in [-0.3, -0.25) is 0 Å². The maximum atomic E-state index is 5.87. The van der Waals surface area contributed by atoms with E-state index in [0.717, 1.165) is 23.0 Å². The lowest BCUT2D eigenvalue weighted by atomic mass is 10.3. The van der Waals surface area contributed by atoms with Crippen LogP contribution < -0.4 is 5.32 Å². The molecule has 0 fully saturated rings. The Labute approximate surface area is 114 Å². The van der Waals surface area contributed by atoms with E-state index in [1.54, 1.807) is 17.5 Å². The van der Waals surface area contributed by atoms with Gasteiger partial charge in [0.05, 0.1) is 6.20 Å². The molecule has 1 atom stereocenters. The van der Waals surface area contributed by atoms with Crippen molar-refractivity contribution in [3.63, 3.8) is 0 Å². The first-order valence-corrected chi connectivity index (χ1v) is 7.52. The number of thiazole rings is 2. The lowest BCUT2D eigenvalue weighted by Gasteiger charge is -2.09. The van der Waals surface area contributed by atoms with Crippen molar-refractivity contribution in [2.75, 3.05) is 6.54 Å². The van der Waals surface area contributed by atoms with Gasteiger partial charge in [-0.2, -0.15) is 0 Å². The molecule has 1 unspecified atom stereocenters. The van der Waals surface area contributed by atoms with Crippen LogP contribution in [0.3, 0.4) is 0 Å². The van der Waals surface area contributed by atoms with Crippen molar-refractivity contribution in [3.05, 3.63) is 21.6 Å². The fourth-order valence-corrected chi connectivity index (χ4v) is 3.29. The number of rotatable bonds is 5. The molecule has 0 amide bonds. The molecule has 0 bridgehead atoms. The van der Waals surface area contributed by atoms with E-state index in [1.165, 1.54) is 16.2 Å². The van der Waals surface area contributed by atoms with Crippen LogP contribution in [-0.2, 0) is 0 Å². The first-order valence-electron chi connectivity index (χ1n) is 5.51. The van der Waals surface area contributed by atoms with Crippen LogP contribution in [0.2, 0.25) is 4.34 Å². The molecule has 0 aromatic carbocycles. The van der Waals surface area contributed by atoms with Crippen molar-refractivity contribution >= 4 is 34.3 Å². The smallest absolute Gasteiger partial charge is 0.153 e. The third-order valence-electron chi connectivity index (χ3n) is 2.31. The molecule has 0 saturated heterocycles. The molecule has 17 heavy (non-hydrogen) atoms. The topological polar surface area (TPSA) is 37.8 Å². The van der Waals surface area contributed by atoms with E-state index in [9.17, 15) is 0 Å². The average Bonchev–Trinajstić information content (AvgIpc) is 2.93. The summed E-state index contributed by atoms with van der Waals surface area (Å²) in [4.78, 5) is 9.87. The van der Waals surface area contributed by atoms with Crippen molar-refractivity contribution in [2.24, 2.45) is 0 Å². The molecule has 92 valence electrons. The third-order valence-corrected chi connectivity index (χ3v) is 4.75. The molecular weight excluding hydrogens is 274 g/mol. The first-order chi connectivity index (χ1) is 8.20. The molecule has 2 rings (SSSR count). The largest absolute Gasteiger partial charge is 0.309 e. The fraction of sp³-hybridized carbons (Fsp3) is 0.455. The molecule has 0 spiro atoms. The van der Waals surface area contributed by atoms with Crippen molar-refractivity contribution in [3.8, 4) is 10.0 Å². The molecule has 3 nitrogen and oxygen atoms in total. The number of hydrogen-bond donors (Lipinski definition) is 1. The molecule has 0 radical (unpaired) electrons. The van der Waals surface area contributed by atoms with Crippen LogP contribution in [0.1, 0.15) is 31.2 Å². The Morgan fingerprint density at radius 3 is 2.65 bits per heavy atom. The summed E-state index contributed by atoms with van der Waals surface area (Å²) >= 11 is 9.01. The SMILES string of the molecule is CCCNC(C)c1cnc(-c2ncc(Cl)s2)s1. The van der Waals surface area contributed by atoms with E-state index >= 15 is 0 Å². The van der Waals surface area contributed by atoms with E-state index in [4.69, 9.17) is 11.6 Å². The van der Waals surface area contributed by atoms with Gasteiger partial charge in [-0.25, -0.2) is 9.97 Å². The quantitative estimate of drug-likeness (QED) is 0.904. The van der Waals surface area contributed by atoms with Gasteiger partial charge in [0.1, 0.15) is 4.34 Å². The molecule has 0 aliphatic rings. The maximum Gasteiger partial charge on any atom is 0.153 e. The highest BCUT2D eigenvalue weighted by molar-refractivity contribution is 7.23. The van der Waals surface area contributed by atoms with Gasteiger partial charge in [-0.05, 0) is 19.9 Å². The standard InChI is InChI=1S/C11H14ClN3S2/c1-3-4-13-7(2)8-5-14-10(16-8)11-15-6-9(12)17-11/h5-7,13H,3-4H2,1-2H3. The Bertz CT molecular complexity index is 481. The van der Waals surface area contributed by atoms with Crippen LogP contribution in [0, 0.1) is 0 Å². The lowest BCUT2D eigenvalue weighted by Crippen LogP contribution is -2.18. The van der Waals surface area contributed by atoms with Crippen LogP contribution in [0.4, 0.5) is 0 Å². The highest BCUT2D eigenvalue weighted by Gasteiger charge is 2.12. The highest BCUT2D eigenvalue weighted by Crippen LogP contribution is 2.32. The summed E-state index contributed by atoms with van der Waals surface area (Å²) in [5.74, 6) is 0. The van der Waals surface area contributed by atoms with Gasteiger partial charge in [0.15, 0.2) is 10.0 Å². The van der Waals surface area contributed by atoms with Gasteiger partial charge >= 0.3 is 0 Å². The van der Waals surface area contributed by atoms with Crippen LogP contribution in [0.15, 0.2) is 12.4 Å². The summed E-state index contributed by atoms with van der Waals surface area (Å²) in [6.07, 6.45) is 4.72. The summed E-state index contributed by atoms with van der Waals surface area (Å²) in [5, 5.41) is 5.29. The van der Waals surface area contributed by atoms with Crippen LogP contribution in [0.5, 0.6) is 0 Å². The minimum atomic E-state index is 0.344. The van der Waals surface area contributed by atoms with Crippen molar-refractivity contribution in [1.82, 2.24) is 15.3 Å². The Morgan fingerprint density at radius 2 is 2.00 bits per heavy atom. The van der Waals surface area contributed by atoms with Crippen LogP contribution >= 0.6 is 34.3 Å². The van der Waals surface area contributed by atoms with Gasteiger partial charge in [-0.1, -0.05) is 29.9 Å². The predicted molar refractivity (Wildman–Crippen MR) is 74.9 cm³/mol. The summed E-state index contributed by atoms with van der Waals surface area (Å²) < 4.78 is 0.703. The Morgan fingerprint density at radius 1 is 1.29 bits per heavy atom. The van der Waals surface area contributed by atoms with Crippen molar-refractivity contribution in [1.29, 1.82) is 0 Å². The molecule has 1 N–H and O–H groups in total. The van der Waals surface area contributed by atoms with E-state index in [0.29, 0.717) is 10.4 Å². The lowest BCUT2D eigenvalue weighted by molar-refractivity contribution is 0.577. The zero-order chi connectivity index (χ0) is 12.3. The van der Waals surface area contributed by atoms with Crippen LogP contribution in [0.25, 0.3) is 10.0 Å². The summed E-state index contributed by atoms with van der Waals surface area (Å²) in [6.45, 7) is 5.34. The maximum absolute atomic E-state index is 5.87. The molecular formula is C11H14ClN3S2. The predicted octanol–water partition coefficient (Wildman–Crippen LogP) is 3.98. The summed E-state index contributed by atoms with van der Waals surface area (Å²) in [5.41, 5.74) is 0. The Kier molecular flexibility index (Phi) is 4.50. The Balaban J connectivity index is 2.10. The normalized spacial score (nSPS) is 12.9. The first kappa shape index (κ1) is 13.0. The minimum absolute atomic E-state index is 0.344. The molecule has 2 heterocycles. The third kappa shape index (κ3) is 3.25. The zero-order valence-electron chi connectivity index (χ0n) is 9.74. The average molecular weight is 288 g/mol. The second-order valence-electron chi connectivity index (χ2n) is 3.71. The second-order valence-corrected chi connectivity index (χ2v) is 6.44. The van der Waals surface area contributed by atoms with E-state index in [1.807, 2.05) is 6.20 Å². The van der Waals surface area contributed by atoms with Gasteiger partial charge in [0.25, 0.3) is 0 Å². The summed E-state index contributed by atoms with van der Waals surface area (Å²) in [7, 11) is 0. The number of halogens is 1. The van der Waals surface area contributed by atoms with E-state index in [-0.39, 0.29) is 0 Å². The van der Waals surface area contributed by atoms with Gasteiger partial charge in [0.2, 0.25) is 0 Å². The number of hydrogen-bond acceptors (Lipinski definition) is 5. The molecule has 0 aliphatic carbocycles. The Hall–Kier alpha value is -0.490. The fourth-order valence-electron chi connectivity index (χ4n) is 1.40. The van der Waals surface area contributed by atoms with Crippen molar-refractivity contribution < 1.29 is 0 Å². The van der Waals surface area contributed by atoms with E-state index < -0.39 is 0 Å². The monoisotopic (exact) mass is 287 g/mol. The van der Waals surface area contributed by atoms with Gasteiger partial charge in [0, 0.05) is 17.1 Å². The number of nitrogens with zero attached hydrogens (tertiary/aromatic N) is 2. The molecule has 2 aromatic heterocycles. The highest BCUT2D eigenvalue weighted by atomic mass is 35.5. The molecule has 0 aliphatic heterocycles. The van der Waals surface area contributed by atoms with Gasteiger partial charge < -0.3 is 5.32 Å². The summed E-state index contributed by atoms with van der Waals surface area (Å²) in [6, 6.07) is 0.344. The van der Waals surface area contributed by atoms with Crippen LogP contribution in [-0.4, -0.2) is 16.5 Å². The molecule has 6 heteroatoms. The molecule has 2 aromatic rings. The minimum Gasteiger partial charge on any atom is -0.309 e. The second kappa shape index (κ2) is 5.91.